The molecule has 0 aliphatic heterocycles. The lowest BCUT2D eigenvalue weighted by atomic mass is 11.6. The summed E-state index contributed by atoms with van der Waals surface area (Å²) in [5.74, 6) is 0.347. The minimum absolute atomic E-state index is 0.276. The van der Waals surface area contributed by atoms with E-state index in [1.807, 2.05) is 0 Å². The molecule has 0 aliphatic rings. The van der Waals surface area contributed by atoms with Crippen LogP contribution in [0.3, 0.4) is 0 Å². The predicted molar refractivity (Wildman–Crippen MR) is 20.4 cm³/mol. The van der Waals surface area contributed by atoms with Crippen LogP contribution in [0.15, 0.2) is 0 Å². The van der Waals surface area contributed by atoms with E-state index in [1.54, 1.807) is 0 Å². The molecule has 3 heteroatoms. The molecule has 3 N–H and O–H groups in total. The van der Waals surface area contributed by atoms with Crippen molar-refractivity contribution in [2.75, 3.05) is 5.88 Å². The van der Waals surface area contributed by atoms with Gasteiger partial charge in [0.25, 0.3) is 0 Å². The Morgan fingerprint density at radius 3 is 2.25 bits per heavy atom. The van der Waals surface area contributed by atoms with Gasteiger partial charge in [-0.05, 0) is 0 Å². The second-order valence-electron chi connectivity index (χ2n) is 0.324. The molecule has 4 heavy (non-hydrogen) atoms. The fourth-order valence-corrected chi connectivity index (χ4v) is 0. The van der Waals surface area contributed by atoms with Crippen molar-refractivity contribution < 1.29 is 4.55 Å². The molecular formula is CH6NOS+. The van der Waals surface area contributed by atoms with E-state index in [-0.39, 0.29) is 12.0 Å². The summed E-state index contributed by atoms with van der Waals surface area (Å²) in [7, 11) is 0. The van der Waals surface area contributed by atoms with Crippen molar-refractivity contribution in [3.05, 3.63) is 0 Å². The lowest BCUT2D eigenvalue weighted by Gasteiger charge is -1.58. The standard InChI is InChI=1S/CH5NOS/c2-1-4-3/h3H,1-2H2/p+1. The van der Waals surface area contributed by atoms with Gasteiger partial charge in [-0.15, -0.1) is 0 Å². The summed E-state index contributed by atoms with van der Waals surface area (Å²) in [6, 6.07) is 0. The molecule has 2 nitrogen and oxygen atoms in total. The van der Waals surface area contributed by atoms with Gasteiger partial charge >= 0.3 is 0 Å². The van der Waals surface area contributed by atoms with Crippen molar-refractivity contribution >= 4 is 12.0 Å². The monoisotopic (exact) mass is 80.0 g/mol. The highest BCUT2D eigenvalue weighted by Crippen LogP contribution is 1.41. The second-order valence-corrected chi connectivity index (χ2v) is 0.972. The van der Waals surface area contributed by atoms with E-state index >= 15 is 0 Å². The van der Waals surface area contributed by atoms with Crippen LogP contribution in [0.4, 0.5) is 0 Å². The van der Waals surface area contributed by atoms with Crippen LogP contribution in [0.2, 0.25) is 0 Å². The Kier molecular flexibility index (Phi) is 3.49. The van der Waals surface area contributed by atoms with Gasteiger partial charge in [-0.2, -0.15) is 4.55 Å². The summed E-state index contributed by atoms with van der Waals surface area (Å²) in [4.78, 5) is 0. The van der Waals surface area contributed by atoms with E-state index in [1.165, 1.54) is 0 Å². The highest BCUT2D eigenvalue weighted by atomic mass is 32.2. The van der Waals surface area contributed by atoms with Gasteiger partial charge in [-0.3, -0.25) is 5.73 Å². The molecule has 0 atom stereocenters. The molecule has 0 saturated heterocycles. The van der Waals surface area contributed by atoms with Crippen LogP contribution in [0, 0.1) is 0 Å². The molecule has 0 aromatic rings. The van der Waals surface area contributed by atoms with Crippen LogP contribution >= 0.6 is 0 Å². The molecule has 0 rings (SSSR count). The predicted octanol–water partition coefficient (Wildman–Crippen LogP) is -0.809. The molecule has 0 aliphatic carbocycles. The van der Waals surface area contributed by atoms with Gasteiger partial charge in [-0.25, -0.2) is 0 Å². The smallest absolute Gasteiger partial charge is 0.187 e. The van der Waals surface area contributed by atoms with Crippen LogP contribution in [0.25, 0.3) is 0 Å². The summed E-state index contributed by atoms with van der Waals surface area (Å²) in [5, 5.41) is 0. The quantitative estimate of drug-likeness (QED) is 0.319. The third-order valence-corrected chi connectivity index (χ3v) is 0.245. The summed E-state index contributed by atoms with van der Waals surface area (Å²) >= 11 is 0.276. The van der Waals surface area contributed by atoms with Crippen LogP contribution in [0.5, 0.6) is 0 Å². The van der Waals surface area contributed by atoms with E-state index in [4.69, 9.17) is 10.3 Å². The highest BCUT2D eigenvalue weighted by Gasteiger charge is 1.69. The fraction of sp³-hybridized carbons (Fsp3) is 1.00. The zero-order valence-corrected chi connectivity index (χ0v) is 3.07. The van der Waals surface area contributed by atoms with E-state index in [2.05, 4.69) is 0 Å². The van der Waals surface area contributed by atoms with E-state index in [9.17, 15) is 0 Å². The lowest BCUT2D eigenvalue weighted by Crippen LogP contribution is -1.97. The number of rotatable bonds is 1. The molecule has 26 valence electrons. The molecular weight excluding hydrogens is 74.1 g/mol. The van der Waals surface area contributed by atoms with Gasteiger partial charge < -0.3 is 0 Å². The normalized spacial score (nSPS) is 7.50. The Morgan fingerprint density at radius 2 is 2.25 bits per heavy atom. The maximum Gasteiger partial charge on any atom is 0.187 e. The third-order valence-electron chi connectivity index (χ3n) is 0.0816. The highest BCUT2D eigenvalue weighted by molar-refractivity contribution is 7.72. The summed E-state index contributed by atoms with van der Waals surface area (Å²) in [6.45, 7) is 0. The molecule has 0 aromatic heterocycles. The van der Waals surface area contributed by atoms with E-state index in [0.29, 0.717) is 5.88 Å². The number of thiol groups is 1. The van der Waals surface area contributed by atoms with Gasteiger partial charge in [0.15, 0.2) is 5.88 Å². The van der Waals surface area contributed by atoms with Crippen molar-refractivity contribution in [2.24, 2.45) is 5.73 Å². The first-order valence-corrected chi connectivity index (χ1v) is 1.96. The first kappa shape index (κ1) is 4.27. The van der Waals surface area contributed by atoms with Gasteiger partial charge in [0.1, 0.15) is 12.0 Å². The molecule has 0 amide bonds. The Morgan fingerprint density at radius 1 is 2.00 bits per heavy atom. The van der Waals surface area contributed by atoms with E-state index < -0.39 is 0 Å². The van der Waals surface area contributed by atoms with Crippen molar-refractivity contribution in [3.8, 4) is 0 Å². The number of hydrogen-bond acceptors (Lipinski definition) is 2. The number of nitrogens with two attached hydrogens (primary N) is 1. The molecule has 0 heterocycles. The first-order chi connectivity index (χ1) is 1.91. The van der Waals surface area contributed by atoms with Crippen LogP contribution in [-0.4, -0.2) is 10.4 Å². The Hall–Kier alpha value is 0.270. The molecule has 0 aromatic carbocycles. The Balaban J connectivity index is 1.97. The van der Waals surface area contributed by atoms with Crippen molar-refractivity contribution in [2.45, 2.75) is 0 Å². The van der Waals surface area contributed by atoms with Crippen LogP contribution in [-0.2, 0) is 12.0 Å². The number of hydrogen-bond donors (Lipinski definition) is 2. The fourth-order valence-electron chi connectivity index (χ4n) is 0. The maximum absolute atomic E-state index is 7.72. The minimum atomic E-state index is 0.276. The van der Waals surface area contributed by atoms with Gasteiger partial charge in [0, 0.05) is 0 Å². The summed E-state index contributed by atoms with van der Waals surface area (Å²) in [5.41, 5.74) is 4.77. The lowest BCUT2D eigenvalue weighted by molar-refractivity contribution is 0.658. The summed E-state index contributed by atoms with van der Waals surface area (Å²) in [6.07, 6.45) is 0. The largest absolute Gasteiger partial charge is 0.286 e. The Bertz CT molecular complexity index is 10.0. The SMILES string of the molecule is NC[SH+]O. The molecule has 0 bridgehead atoms. The topological polar surface area (TPSA) is 46.2 Å². The average Bonchev–Trinajstić information content (AvgIpc) is 1.37. The Labute approximate surface area is 29.2 Å². The average molecular weight is 80.1 g/mol. The minimum Gasteiger partial charge on any atom is -0.286 e. The second kappa shape index (κ2) is 3.27. The van der Waals surface area contributed by atoms with Crippen LogP contribution < -0.4 is 5.73 Å². The maximum atomic E-state index is 7.72. The van der Waals surface area contributed by atoms with Crippen molar-refractivity contribution in [1.29, 1.82) is 0 Å². The van der Waals surface area contributed by atoms with Gasteiger partial charge in [0.2, 0.25) is 0 Å². The zero-order chi connectivity index (χ0) is 3.41. The zero-order valence-electron chi connectivity index (χ0n) is 2.18. The van der Waals surface area contributed by atoms with Gasteiger partial charge in [-0.1, -0.05) is 0 Å². The molecule has 0 fully saturated rings. The summed E-state index contributed by atoms with van der Waals surface area (Å²) < 4.78 is 7.72. The van der Waals surface area contributed by atoms with Gasteiger partial charge in [0.05, 0.1) is 0 Å². The third kappa shape index (κ3) is 2.27. The van der Waals surface area contributed by atoms with Crippen molar-refractivity contribution in [3.63, 3.8) is 0 Å². The molecule has 0 unspecified atom stereocenters. The molecule has 0 spiro atoms. The van der Waals surface area contributed by atoms with Crippen LogP contribution in [0.1, 0.15) is 0 Å². The van der Waals surface area contributed by atoms with E-state index in [0.717, 1.165) is 0 Å². The molecule has 0 saturated carbocycles. The molecule has 0 radical (unpaired) electrons. The van der Waals surface area contributed by atoms with Crippen molar-refractivity contribution in [1.82, 2.24) is 0 Å². The first-order valence-electron chi connectivity index (χ1n) is 0.924.